The van der Waals surface area contributed by atoms with E-state index in [0.29, 0.717) is 6.54 Å². The minimum absolute atomic E-state index is 0.213. The molecule has 0 saturated heterocycles. The molecule has 1 saturated carbocycles. The lowest BCUT2D eigenvalue weighted by atomic mass is 9.99. The van der Waals surface area contributed by atoms with Crippen LogP contribution in [0.15, 0.2) is 48.5 Å². The fourth-order valence-corrected chi connectivity index (χ4v) is 3.64. The third-order valence-electron chi connectivity index (χ3n) is 5.48. The van der Waals surface area contributed by atoms with Gasteiger partial charge in [0.1, 0.15) is 0 Å². The van der Waals surface area contributed by atoms with E-state index >= 15 is 0 Å². The number of hydrogen-bond donors (Lipinski definition) is 2. The van der Waals surface area contributed by atoms with E-state index in [9.17, 15) is 9.59 Å². The predicted molar refractivity (Wildman–Crippen MR) is 110 cm³/mol. The molecule has 0 bridgehead atoms. The Morgan fingerprint density at radius 3 is 2.46 bits per heavy atom. The number of nitrogens with zero attached hydrogens (tertiary/aromatic N) is 1. The zero-order valence-electron chi connectivity index (χ0n) is 16.1. The summed E-state index contributed by atoms with van der Waals surface area (Å²) in [6.45, 7) is 2.53. The van der Waals surface area contributed by atoms with Crippen molar-refractivity contribution in [3.05, 3.63) is 65.2 Å². The van der Waals surface area contributed by atoms with Gasteiger partial charge in [-0.05, 0) is 60.9 Å². The predicted octanol–water partition coefficient (Wildman–Crippen LogP) is 2.58. The molecule has 0 atom stereocenters. The standard InChI is InChI=1S/C23H27N3O2/c27-22(23(28)25-20-9-10-20)24-14-3-4-17-7-11-21(12-8-17)26-15-13-18-5-1-2-6-19(18)16-26/h1-2,5-8,11-12,20H,3-4,9-10,13-16H2,(H,24,27)(H,25,28). The minimum atomic E-state index is -0.521. The molecule has 2 aliphatic rings. The van der Waals surface area contributed by atoms with Gasteiger partial charge < -0.3 is 15.5 Å². The number of benzene rings is 2. The maximum Gasteiger partial charge on any atom is 0.309 e. The Morgan fingerprint density at radius 1 is 0.964 bits per heavy atom. The highest BCUT2D eigenvalue weighted by Gasteiger charge is 2.26. The van der Waals surface area contributed by atoms with E-state index in [1.165, 1.54) is 22.4 Å². The zero-order valence-corrected chi connectivity index (χ0v) is 16.1. The van der Waals surface area contributed by atoms with Crippen LogP contribution in [0.2, 0.25) is 0 Å². The van der Waals surface area contributed by atoms with Crippen molar-refractivity contribution in [2.45, 2.75) is 44.7 Å². The number of carbonyl (C=O) groups is 2. The average molecular weight is 377 g/mol. The summed E-state index contributed by atoms with van der Waals surface area (Å²) in [6, 6.07) is 17.6. The molecule has 5 nitrogen and oxygen atoms in total. The van der Waals surface area contributed by atoms with Crippen LogP contribution in [0.4, 0.5) is 5.69 Å². The van der Waals surface area contributed by atoms with Crippen LogP contribution in [0.1, 0.15) is 36.0 Å². The van der Waals surface area contributed by atoms with Gasteiger partial charge in [-0.3, -0.25) is 9.59 Å². The van der Waals surface area contributed by atoms with Crippen molar-refractivity contribution >= 4 is 17.5 Å². The number of nitrogens with one attached hydrogen (secondary N) is 2. The zero-order chi connectivity index (χ0) is 19.3. The molecule has 2 aromatic rings. The summed E-state index contributed by atoms with van der Waals surface area (Å²) in [6.07, 6.45) is 4.76. The maximum absolute atomic E-state index is 11.7. The smallest absolute Gasteiger partial charge is 0.309 e. The first kappa shape index (κ1) is 18.5. The second kappa shape index (κ2) is 8.46. The first-order valence-electron chi connectivity index (χ1n) is 10.2. The number of anilines is 1. The van der Waals surface area contributed by atoms with Crippen LogP contribution >= 0.6 is 0 Å². The van der Waals surface area contributed by atoms with Crippen LogP contribution in [0, 0.1) is 0 Å². The SMILES string of the molecule is O=C(NCCCc1ccc(N2CCc3ccccc3C2)cc1)C(=O)NC1CC1. The van der Waals surface area contributed by atoms with E-state index in [1.54, 1.807) is 0 Å². The van der Waals surface area contributed by atoms with Gasteiger partial charge in [0.2, 0.25) is 0 Å². The number of hydrogen-bond acceptors (Lipinski definition) is 3. The quantitative estimate of drug-likeness (QED) is 0.601. The van der Waals surface area contributed by atoms with Gasteiger partial charge in [0, 0.05) is 31.4 Å². The van der Waals surface area contributed by atoms with Crippen LogP contribution in [0.25, 0.3) is 0 Å². The molecule has 1 fully saturated rings. The summed E-state index contributed by atoms with van der Waals surface area (Å²) < 4.78 is 0. The van der Waals surface area contributed by atoms with Crippen LogP contribution < -0.4 is 15.5 Å². The van der Waals surface area contributed by atoms with Crippen molar-refractivity contribution in [2.24, 2.45) is 0 Å². The number of carbonyl (C=O) groups excluding carboxylic acids is 2. The Morgan fingerprint density at radius 2 is 1.71 bits per heavy atom. The van der Waals surface area contributed by atoms with E-state index in [4.69, 9.17) is 0 Å². The first-order valence-corrected chi connectivity index (χ1v) is 10.2. The summed E-state index contributed by atoms with van der Waals surface area (Å²) in [5, 5.41) is 5.40. The molecule has 1 aliphatic carbocycles. The Bertz CT molecular complexity index is 843. The van der Waals surface area contributed by atoms with Crippen LogP contribution in [0.5, 0.6) is 0 Å². The van der Waals surface area contributed by atoms with Gasteiger partial charge >= 0.3 is 11.8 Å². The van der Waals surface area contributed by atoms with Crippen molar-refractivity contribution < 1.29 is 9.59 Å². The minimum Gasteiger partial charge on any atom is -0.367 e. The Kier molecular flexibility index (Phi) is 5.60. The molecule has 0 radical (unpaired) electrons. The summed E-state index contributed by atoms with van der Waals surface area (Å²) in [5.74, 6) is -1.03. The molecular weight excluding hydrogens is 350 g/mol. The number of aryl methyl sites for hydroxylation is 1. The summed E-state index contributed by atoms with van der Waals surface area (Å²) in [4.78, 5) is 25.7. The molecule has 4 rings (SSSR count). The normalized spacial score (nSPS) is 15.6. The number of amides is 2. The van der Waals surface area contributed by atoms with E-state index in [2.05, 4.69) is 64.1 Å². The molecular formula is C23H27N3O2. The van der Waals surface area contributed by atoms with E-state index in [-0.39, 0.29) is 6.04 Å². The second-order valence-corrected chi connectivity index (χ2v) is 7.71. The van der Waals surface area contributed by atoms with Crippen LogP contribution in [0.3, 0.4) is 0 Å². The molecule has 0 unspecified atom stereocenters. The Balaban J connectivity index is 1.21. The van der Waals surface area contributed by atoms with Gasteiger partial charge in [-0.2, -0.15) is 0 Å². The van der Waals surface area contributed by atoms with Crippen LogP contribution in [-0.2, 0) is 29.0 Å². The van der Waals surface area contributed by atoms with Gasteiger partial charge in [0.05, 0.1) is 0 Å². The monoisotopic (exact) mass is 377 g/mol. The Labute approximate surface area is 166 Å². The highest BCUT2D eigenvalue weighted by Crippen LogP contribution is 2.24. The molecule has 28 heavy (non-hydrogen) atoms. The van der Waals surface area contributed by atoms with Crippen molar-refractivity contribution in [2.75, 3.05) is 18.0 Å². The van der Waals surface area contributed by atoms with Crippen molar-refractivity contribution in [1.29, 1.82) is 0 Å². The summed E-state index contributed by atoms with van der Waals surface area (Å²) in [5.41, 5.74) is 5.38. The number of fused-ring (bicyclic) bond motifs is 1. The highest BCUT2D eigenvalue weighted by molar-refractivity contribution is 6.35. The topological polar surface area (TPSA) is 61.4 Å². The lowest BCUT2D eigenvalue weighted by Crippen LogP contribution is -2.41. The largest absolute Gasteiger partial charge is 0.367 e. The molecule has 146 valence electrons. The fraction of sp³-hybridized carbons (Fsp3) is 0.391. The van der Waals surface area contributed by atoms with Gasteiger partial charge in [-0.1, -0.05) is 36.4 Å². The molecule has 2 amide bonds. The average Bonchev–Trinajstić information content (AvgIpc) is 3.55. The first-order chi connectivity index (χ1) is 13.7. The van der Waals surface area contributed by atoms with Crippen molar-refractivity contribution in [1.82, 2.24) is 10.6 Å². The van der Waals surface area contributed by atoms with Crippen LogP contribution in [-0.4, -0.2) is 30.9 Å². The Hall–Kier alpha value is -2.82. The van der Waals surface area contributed by atoms with Crippen molar-refractivity contribution in [3.8, 4) is 0 Å². The lowest BCUT2D eigenvalue weighted by molar-refractivity contribution is -0.139. The third kappa shape index (κ3) is 4.71. The van der Waals surface area contributed by atoms with E-state index < -0.39 is 11.8 Å². The van der Waals surface area contributed by atoms with Gasteiger partial charge in [-0.25, -0.2) is 0 Å². The van der Waals surface area contributed by atoms with E-state index in [0.717, 1.165) is 45.2 Å². The molecule has 1 heterocycles. The molecule has 5 heteroatoms. The molecule has 0 aromatic heterocycles. The van der Waals surface area contributed by atoms with Gasteiger partial charge in [-0.15, -0.1) is 0 Å². The second-order valence-electron chi connectivity index (χ2n) is 7.71. The number of rotatable bonds is 6. The van der Waals surface area contributed by atoms with E-state index in [1.807, 2.05) is 0 Å². The lowest BCUT2D eigenvalue weighted by Gasteiger charge is -2.30. The van der Waals surface area contributed by atoms with Gasteiger partial charge in [0.15, 0.2) is 0 Å². The summed E-state index contributed by atoms with van der Waals surface area (Å²) in [7, 11) is 0. The van der Waals surface area contributed by atoms with Gasteiger partial charge in [0.25, 0.3) is 0 Å². The maximum atomic E-state index is 11.7. The molecule has 2 N–H and O–H groups in total. The molecule has 0 spiro atoms. The molecule has 2 aromatic carbocycles. The highest BCUT2D eigenvalue weighted by atomic mass is 16.2. The van der Waals surface area contributed by atoms with Crippen molar-refractivity contribution in [3.63, 3.8) is 0 Å². The third-order valence-corrected chi connectivity index (χ3v) is 5.48. The summed E-state index contributed by atoms with van der Waals surface area (Å²) >= 11 is 0. The fourth-order valence-electron chi connectivity index (χ4n) is 3.64. The molecule has 1 aliphatic heterocycles.